The minimum absolute atomic E-state index is 0.0242. The number of thiophene rings is 1. The zero-order valence-electron chi connectivity index (χ0n) is 27.3. The Morgan fingerprint density at radius 2 is 1.90 bits per heavy atom. The summed E-state index contributed by atoms with van der Waals surface area (Å²) >= 11 is 0.849. The Hall–Kier alpha value is -5.01. The second-order valence-corrected chi connectivity index (χ2v) is 14.0. The summed E-state index contributed by atoms with van der Waals surface area (Å²) in [7, 11) is 1.50. The summed E-state index contributed by atoms with van der Waals surface area (Å²) < 4.78 is 90.8. The van der Waals surface area contributed by atoms with Crippen LogP contribution in [0.5, 0.6) is 11.8 Å². The molecule has 51 heavy (non-hydrogen) atoms. The molecule has 0 atom stereocenters. The monoisotopic (exact) mass is 722 g/mol. The van der Waals surface area contributed by atoms with E-state index in [2.05, 4.69) is 25.2 Å². The van der Waals surface area contributed by atoms with Crippen molar-refractivity contribution in [2.45, 2.75) is 43.9 Å². The van der Waals surface area contributed by atoms with Crippen LogP contribution in [0.3, 0.4) is 0 Å². The van der Waals surface area contributed by atoms with Crippen molar-refractivity contribution in [1.29, 1.82) is 5.26 Å². The summed E-state index contributed by atoms with van der Waals surface area (Å²) in [6, 6.07) is 7.19. The first-order valence-corrected chi connectivity index (χ1v) is 17.3. The van der Waals surface area contributed by atoms with Crippen LogP contribution < -0.4 is 25.4 Å². The number of pyridine rings is 1. The predicted octanol–water partition coefficient (Wildman–Crippen LogP) is 7.11. The summed E-state index contributed by atoms with van der Waals surface area (Å²) in [4.78, 5) is 17.2. The predicted molar refractivity (Wildman–Crippen MR) is 183 cm³/mol. The molecule has 0 radical (unpaired) electrons. The van der Waals surface area contributed by atoms with Crippen LogP contribution in [0.15, 0.2) is 30.5 Å². The fourth-order valence-electron chi connectivity index (χ4n) is 7.86. The lowest BCUT2D eigenvalue weighted by Gasteiger charge is -2.31. The van der Waals surface area contributed by atoms with Gasteiger partial charge in [-0.1, -0.05) is 12.1 Å². The smallest absolute Gasteiger partial charge is 0.420 e. The molecule has 2 aromatic carbocycles. The average Bonchev–Trinajstić information content (AvgIpc) is 3.78. The highest BCUT2D eigenvalue weighted by molar-refractivity contribution is 7.23. The van der Waals surface area contributed by atoms with Crippen molar-refractivity contribution in [3.63, 3.8) is 0 Å². The first kappa shape index (κ1) is 33.2. The lowest BCUT2D eigenvalue weighted by molar-refractivity contribution is -0.138. The maximum absolute atomic E-state index is 17.4. The summed E-state index contributed by atoms with van der Waals surface area (Å²) in [6.45, 7) is 1.97. The number of benzene rings is 2. The molecule has 3 aromatic heterocycles. The zero-order chi connectivity index (χ0) is 35.7. The van der Waals surface area contributed by atoms with Gasteiger partial charge in [0, 0.05) is 36.3 Å². The lowest BCUT2D eigenvalue weighted by Crippen LogP contribution is -2.43. The van der Waals surface area contributed by atoms with Gasteiger partial charge in [-0.15, -0.1) is 11.3 Å². The SMILES string of the molecule is CNc1sc2c(F)ccc(-c3c(C(F)(F)F)c4c5c(nc(OCC67CCCN6CCC7)nc5c3F)N(Cc3cccnc3N)CCO4)c2c1C#N. The number of nitriles is 1. The average molecular weight is 723 g/mol. The van der Waals surface area contributed by atoms with Gasteiger partial charge >= 0.3 is 12.2 Å². The number of alkyl halides is 3. The van der Waals surface area contributed by atoms with E-state index >= 15 is 22.0 Å². The summed E-state index contributed by atoms with van der Waals surface area (Å²) in [6.07, 6.45) is 0.164. The Morgan fingerprint density at radius 3 is 2.61 bits per heavy atom. The van der Waals surface area contributed by atoms with Crippen LogP contribution in [-0.4, -0.2) is 65.3 Å². The molecule has 2 saturated heterocycles. The van der Waals surface area contributed by atoms with Gasteiger partial charge in [-0.05, 0) is 56.5 Å². The second-order valence-electron chi connectivity index (χ2n) is 12.9. The number of rotatable bonds is 7. The largest absolute Gasteiger partial charge is 0.490 e. The highest BCUT2D eigenvalue weighted by atomic mass is 32.1. The number of ether oxygens (including phenoxy) is 2. The summed E-state index contributed by atoms with van der Waals surface area (Å²) in [5.74, 6) is -2.58. The van der Waals surface area contributed by atoms with Crippen molar-refractivity contribution in [3.05, 3.63) is 58.8 Å². The molecular formula is C35H31F5N8O2S. The van der Waals surface area contributed by atoms with Crippen molar-refractivity contribution in [2.24, 2.45) is 0 Å². The molecule has 2 fully saturated rings. The third kappa shape index (κ3) is 5.32. The van der Waals surface area contributed by atoms with E-state index in [4.69, 9.17) is 15.2 Å². The number of nitrogens with one attached hydrogen (secondary N) is 1. The Kier molecular flexibility index (Phi) is 8.02. The first-order valence-electron chi connectivity index (χ1n) is 16.5. The van der Waals surface area contributed by atoms with E-state index in [0.29, 0.717) is 5.56 Å². The molecule has 8 rings (SSSR count). The molecule has 0 spiro atoms. The number of fused-ring (bicyclic) bond motifs is 2. The number of halogens is 5. The number of nitrogens with two attached hydrogens (primary N) is 1. The van der Waals surface area contributed by atoms with Crippen molar-refractivity contribution in [2.75, 3.05) is 55.8 Å². The highest BCUT2D eigenvalue weighted by Crippen LogP contribution is 2.53. The molecule has 3 aliphatic rings. The van der Waals surface area contributed by atoms with Gasteiger partial charge in [0.25, 0.3) is 0 Å². The number of nitrogen functional groups attached to an aromatic ring is 1. The molecular weight excluding hydrogens is 691 g/mol. The van der Waals surface area contributed by atoms with Gasteiger partial charge in [-0.2, -0.15) is 28.4 Å². The molecule has 16 heteroatoms. The minimum Gasteiger partial charge on any atom is -0.490 e. The van der Waals surface area contributed by atoms with E-state index in [0.717, 1.165) is 62.2 Å². The van der Waals surface area contributed by atoms with E-state index in [1.54, 1.807) is 17.0 Å². The third-order valence-corrected chi connectivity index (χ3v) is 11.4. The Balaban J connectivity index is 1.41. The lowest BCUT2D eigenvalue weighted by atomic mass is 9.91. The molecule has 10 nitrogen and oxygen atoms in total. The van der Waals surface area contributed by atoms with Gasteiger partial charge in [0.2, 0.25) is 0 Å². The van der Waals surface area contributed by atoms with Gasteiger partial charge in [0.1, 0.15) is 58.6 Å². The Morgan fingerprint density at radius 1 is 1.12 bits per heavy atom. The molecule has 0 bridgehead atoms. The van der Waals surface area contributed by atoms with Gasteiger partial charge in [-0.25, -0.2) is 13.8 Å². The maximum Gasteiger partial charge on any atom is 0.420 e. The van der Waals surface area contributed by atoms with Crippen LogP contribution >= 0.6 is 11.3 Å². The fraction of sp³-hybridized carbons (Fsp3) is 0.371. The van der Waals surface area contributed by atoms with E-state index in [9.17, 15) is 5.26 Å². The second kappa shape index (κ2) is 12.3. The topological polar surface area (TPSA) is 125 Å². The molecule has 0 unspecified atom stereocenters. The quantitative estimate of drug-likeness (QED) is 0.168. The molecule has 0 amide bonds. The van der Waals surface area contributed by atoms with Crippen molar-refractivity contribution >= 4 is 49.0 Å². The van der Waals surface area contributed by atoms with Gasteiger partial charge in [0.05, 0.1) is 27.7 Å². The van der Waals surface area contributed by atoms with Gasteiger partial charge < -0.3 is 25.4 Å². The maximum atomic E-state index is 17.4. The van der Waals surface area contributed by atoms with E-state index in [1.807, 2.05) is 6.07 Å². The van der Waals surface area contributed by atoms with E-state index in [1.165, 1.54) is 13.2 Å². The number of aromatic nitrogens is 3. The minimum atomic E-state index is -5.17. The zero-order valence-corrected chi connectivity index (χ0v) is 28.1. The highest BCUT2D eigenvalue weighted by Gasteiger charge is 2.46. The standard InChI is InChI=1S/C35H31F5N8O2S/c1-43-32-20(15-41)22-19(6-7-21(36)29(22)51-32)23-25(35(38,39)40)28-24-27(26(23)37)45-33(50-17-34-8-3-11-48(34)12-4-9-34)46-31(24)47(13-14-49-28)16-18-5-2-10-44-30(18)42/h2,5-7,10,43H,3-4,8-9,11-14,16-17H2,1H3,(H2,42,44). The van der Waals surface area contributed by atoms with Crippen molar-refractivity contribution in [3.8, 4) is 29.0 Å². The van der Waals surface area contributed by atoms with Crippen LogP contribution in [0.2, 0.25) is 0 Å². The number of hydrogen-bond donors (Lipinski definition) is 2. The number of nitrogens with zero attached hydrogens (tertiary/aromatic N) is 6. The fourth-order valence-corrected chi connectivity index (χ4v) is 8.89. The van der Waals surface area contributed by atoms with E-state index < -0.39 is 40.2 Å². The summed E-state index contributed by atoms with van der Waals surface area (Å²) in [5.41, 5.74) is 3.25. The molecule has 6 heterocycles. The van der Waals surface area contributed by atoms with Gasteiger partial charge in [-0.3, -0.25) is 4.90 Å². The van der Waals surface area contributed by atoms with Crippen LogP contribution in [0.25, 0.3) is 32.1 Å². The number of hydrogen-bond acceptors (Lipinski definition) is 11. The summed E-state index contributed by atoms with van der Waals surface area (Å²) in [5, 5.41) is 12.6. The van der Waals surface area contributed by atoms with Gasteiger partial charge in [0.15, 0.2) is 5.82 Å². The molecule has 0 aliphatic carbocycles. The van der Waals surface area contributed by atoms with Crippen molar-refractivity contribution < 1.29 is 31.4 Å². The third-order valence-electron chi connectivity index (χ3n) is 10.2. The Bertz CT molecular complexity index is 2240. The molecule has 5 aromatic rings. The Labute approximate surface area is 292 Å². The normalized spacial score (nSPS) is 17.0. The number of anilines is 3. The molecule has 264 valence electrons. The van der Waals surface area contributed by atoms with Crippen LogP contribution in [-0.2, 0) is 12.7 Å². The first-order chi connectivity index (χ1) is 24.5. The van der Waals surface area contributed by atoms with E-state index in [-0.39, 0.29) is 81.1 Å². The van der Waals surface area contributed by atoms with Crippen LogP contribution in [0.4, 0.5) is 38.6 Å². The molecule has 3 aliphatic heterocycles. The van der Waals surface area contributed by atoms with Crippen molar-refractivity contribution in [1.82, 2.24) is 19.9 Å². The molecule has 0 saturated carbocycles. The molecule has 3 N–H and O–H groups in total. The van der Waals surface area contributed by atoms with Crippen LogP contribution in [0.1, 0.15) is 42.4 Å². The van der Waals surface area contributed by atoms with Crippen LogP contribution in [0, 0.1) is 23.0 Å².